The minimum atomic E-state index is -0.989. The van der Waals surface area contributed by atoms with E-state index in [9.17, 15) is 4.79 Å². The summed E-state index contributed by atoms with van der Waals surface area (Å²) in [7, 11) is 0. The Bertz CT molecular complexity index is 626. The highest BCUT2D eigenvalue weighted by atomic mass is 16.4. The molecule has 0 aromatic carbocycles. The molecule has 0 aliphatic heterocycles. The molecule has 0 bridgehead atoms. The fourth-order valence-corrected chi connectivity index (χ4v) is 1.98. The van der Waals surface area contributed by atoms with Crippen LogP contribution in [-0.4, -0.2) is 21.0 Å². The van der Waals surface area contributed by atoms with Crippen LogP contribution in [0.4, 0.5) is 5.82 Å². The molecular weight excluding hydrogens is 254 g/mol. The van der Waals surface area contributed by atoms with Crippen molar-refractivity contribution in [3.8, 4) is 0 Å². The first-order chi connectivity index (χ1) is 9.61. The molecule has 0 radical (unpaired) electrons. The van der Waals surface area contributed by atoms with Crippen molar-refractivity contribution in [3.63, 3.8) is 0 Å². The van der Waals surface area contributed by atoms with Gasteiger partial charge in [0, 0.05) is 11.9 Å². The van der Waals surface area contributed by atoms with Crippen LogP contribution in [0.1, 0.15) is 34.2 Å². The molecule has 20 heavy (non-hydrogen) atoms. The monoisotopic (exact) mass is 271 g/mol. The van der Waals surface area contributed by atoms with E-state index in [2.05, 4.69) is 22.2 Å². The van der Waals surface area contributed by atoms with Crippen molar-refractivity contribution in [2.45, 2.75) is 26.8 Å². The van der Waals surface area contributed by atoms with Crippen molar-refractivity contribution in [3.05, 3.63) is 53.0 Å². The molecule has 2 aromatic heterocycles. The normalized spacial score (nSPS) is 10.3. The maximum Gasteiger partial charge on any atom is 0.339 e. The summed E-state index contributed by atoms with van der Waals surface area (Å²) in [6.07, 6.45) is 2.62. The van der Waals surface area contributed by atoms with Crippen molar-refractivity contribution >= 4 is 11.8 Å². The van der Waals surface area contributed by atoms with E-state index in [4.69, 9.17) is 5.11 Å². The molecule has 104 valence electrons. The molecular formula is C15H17N3O2. The van der Waals surface area contributed by atoms with Gasteiger partial charge in [0.25, 0.3) is 0 Å². The van der Waals surface area contributed by atoms with Gasteiger partial charge in [-0.3, -0.25) is 4.98 Å². The lowest BCUT2D eigenvalue weighted by atomic mass is 10.1. The third kappa shape index (κ3) is 3.12. The lowest BCUT2D eigenvalue weighted by Crippen LogP contribution is -2.11. The summed E-state index contributed by atoms with van der Waals surface area (Å²) >= 11 is 0. The number of nitrogens with one attached hydrogen (secondary N) is 1. The van der Waals surface area contributed by atoms with Gasteiger partial charge in [-0.05, 0) is 37.1 Å². The molecule has 5 heteroatoms. The molecule has 0 spiro atoms. The minimum absolute atomic E-state index is 0.171. The Hall–Kier alpha value is -2.43. The van der Waals surface area contributed by atoms with Gasteiger partial charge in [0.2, 0.25) is 0 Å². The molecule has 0 fully saturated rings. The molecule has 0 aliphatic carbocycles. The average molecular weight is 271 g/mol. The van der Waals surface area contributed by atoms with Crippen LogP contribution in [0.5, 0.6) is 0 Å². The van der Waals surface area contributed by atoms with Crippen LogP contribution in [0, 0.1) is 6.92 Å². The number of nitrogens with zero attached hydrogens (tertiary/aromatic N) is 2. The third-order valence-corrected chi connectivity index (χ3v) is 3.05. The summed E-state index contributed by atoms with van der Waals surface area (Å²) in [5, 5.41) is 12.2. The Kier molecular flexibility index (Phi) is 4.30. The van der Waals surface area contributed by atoms with Gasteiger partial charge in [-0.1, -0.05) is 13.0 Å². The van der Waals surface area contributed by atoms with Crippen LogP contribution in [0.3, 0.4) is 0 Å². The van der Waals surface area contributed by atoms with Gasteiger partial charge < -0.3 is 10.4 Å². The number of aryl methyl sites for hydroxylation is 2. The Labute approximate surface area is 117 Å². The predicted molar refractivity (Wildman–Crippen MR) is 76.9 cm³/mol. The van der Waals surface area contributed by atoms with E-state index >= 15 is 0 Å². The zero-order valence-corrected chi connectivity index (χ0v) is 11.6. The second kappa shape index (κ2) is 6.14. The number of aromatic carboxylic acids is 1. The van der Waals surface area contributed by atoms with Gasteiger partial charge in [0.05, 0.1) is 12.2 Å². The van der Waals surface area contributed by atoms with E-state index in [-0.39, 0.29) is 5.56 Å². The largest absolute Gasteiger partial charge is 0.478 e. The van der Waals surface area contributed by atoms with Crippen molar-refractivity contribution in [1.82, 2.24) is 9.97 Å². The van der Waals surface area contributed by atoms with Gasteiger partial charge in [0.15, 0.2) is 0 Å². The number of hydrogen-bond acceptors (Lipinski definition) is 4. The number of aromatic nitrogens is 2. The Morgan fingerprint density at radius 2 is 2.15 bits per heavy atom. The van der Waals surface area contributed by atoms with Gasteiger partial charge >= 0.3 is 5.97 Å². The smallest absolute Gasteiger partial charge is 0.339 e. The van der Waals surface area contributed by atoms with Crippen molar-refractivity contribution in [2.24, 2.45) is 0 Å². The maximum absolute atomic E-state index is 11.2. The molecule has 2 heterocycles. The van der Waals surface area contributed by atoms with E-state index in [1.165, 1.54) is 0 Å². The van der Waals surface area contributed by atoms with Crippen LogP contribution in [0.25, 0.3) is 0 Å². The molecule has 0 amide bonds. The van der Waals surface area contributed by atoms with Crippen LogP contribution >= 0.6 is 0 Å². The number of pyridine rings is 2. The SMILES string of the molecule is CCc1cccnc1CNc1nc(C)ccc1C(=O)O. The summed E-state index contributed by atoms with van der Waals surface area (Å²) < 4.78 is 0. The quantitative estimate of drug-likeness (QED) is 0.874. The first-order valence-corrected chi connectivity index (χ1v) is 6.49. The fourth-order valence-electron chi connectivity index (χ4n) is 1.98. The molecule has 5 nitrogen and oxygen atoms in total. The number of carbonyl (C=O) groups is 1. The van der Waals surface area contributed by atoms with Gasteiger partial charge in [-0.15, -0.1) is 0 Å². The number of hydrogen-bond donors (Lipinski definition) is 2. The summed E-state index contributed by atoms with van der Waals surface area (Å²) in [6, 6.07) is 7.17. The minimum Gasteiger partial charge on any atom is -0.478 e. The topological polar surface area (TPSA) is 75.1 Å². The Morgan fingerprint density at radius 3 is 2.85 bits per heavy atom. The maximum atomic E-state index is 11.2. The second-order valence-corrected chi connectivity index (χ2v) is 4.47. The molecule has 0 aliphatic rings. The van der Waals surface area contributed by atoms with E-state index in [0.717, 1.165) is 23.4 Å². The first-order valence-electron chi connectivity index (χ1n) is 6.49. The average Bonchev–Trinajstić information content (AvgIpc) is 2.45. The van der Waals surface area contributed by atoms with E-state index < -0.39 is 5.97 Å². The summed E-state index contributed by atoms with van der Waals surface area (Å²) in [5.41, 5.74) is 3.00. The number of carboxylic acid groups (broad SMARTS) is 1. The van der Waals surface area contributed by atoms with Gasteiger partial charge in [0.1, 0.15) is 11.4 Å². The zero-order chi connectivity index (χ0) is 14.5. The molecule has 0 saturated heterocycles. The van der Waals surface area contributed by atoms with Crippen LogP contribution in [-0.2, 0) is 13.0 Å². The fraction of sp³-hybridized carbons (Fsp3) is 0.267. The second-order valence-electron chi connectivity index (χ2n) is 4.47. The number of rotatable bonds is 5. The molecule has 0 atom stereocenters. The molecule has 0 saturated carbocycles. The van der Waals surface area contributed by atoms with Crippen molar-refractivity contribution in [2.75, 3.05) is 5.32 Å². The van der Waals surface area contributed by atoms with Gasteiger partial charge in [-0.2, -0.15) is 0 Å². The van der Waals surface area contributed by atoms with Gasteiger partial charge in [-0.25, -0.2) is 9.78 Å². The summed E-state index contributed by atoms with van der Waals surface area (Å²) in [6.45, 7) is 4.35. The zero-order valence-electron chi connectivity index (χ0n) is 11.6. The lowest BCUT2D eigenvalue weighted by molar-refractivity contribution is 0.0697. The first kappa shape index (κ1) is 14.0. The number of anilines is 1. The summed E-state index contributed by atoms with van der Waals surface area (Å²) in [5.74, 6) is -0.609. The number of carboxylic acids is 1. The van der Waals surface area contributed by atoms with Crippen LogP contribution in [0.2, 0.25) is 0 Å². The highest BCUT2D eigenvalue weighted by molar-refractivity contribution is 5.93. The predicted octanol–water partition coefficient (Wildman–Crippen LogP) is 2.66. The highest BCUT2D eigenvalue weighted by Crippen LogP contribution is 2.15. The standard InChI is InChI=1S/C15H17N3O2/c1-3-11-5-4-8-16-13(11)9-17-14-12(15(19)20)7-6-10(2)18-14/h4-8H,3,9H2,1-2H3,(H,17,18)(H,19,20). The Balaban J connectivity index is 2.22. The third-order valence-electron chi connectivity index (χ3n) is 3.05. The molecule has 2 aromatic rings. The Morgan fingerprint density at radius 1 is 1.35 bits per heavy atom. The van der Waals surface area contributed by atoms with Crippen LogP contribution < -0.4 is 5.32 Å². The highest BCUT2D eigenvalue weighted by Gasteiger charge is 2.12. The molecule has 2 N–H and O–H groups in total. The van der Waals surface area contributed by atoms with Crippen molar-refractivity contribution < 1.29 is 9.90 Å². The van der Waals surface area contributed by atoms with Crippen molar-refractivity contribution in [1.29, 1.82) is 0 Å². The lowest BCUT2D eigenvalue weighted by Gasteiger charge is -2.11. The summed E-state index contributed by atoms with van der Waals surface area (Å²) in [4.78, 5) is 19.7. The van der Waals surface area contributed by atoms with E-state index in [0.29, 0.717) is 12.4 Å². The van der Waals surface area contributed by atoms with E-state index in [1.54, 1.807) is 18.3 Å². The van der Waals surface area contributed by atoms with Crippen LogP contribution in [0.15, 0.2) is 30.5 Å². The van der Waals surface area contributed by atoms with E-state index in [1.807, 2.05) is 19.1 Å². The molecule has 2 rings (SSSR count). The molecule has 0 unspecified atom stereocenters.